The number of anilines is 1. The van der Waals surface area contributed by atoms with Gasteiger partial charge in [-0.3, -0.25) is 0 Å². The molecule has 0 saturated heterocycles. The molecule has 2 aromatic rings. The SMILES string of the molecule is [2H][B]N=BNc1ncnc2c1ncn2C(C)C. The number of imidazole rings is 1. The first-order chi connectivity index (χ1) is 8.24. The average Bonchev–Trinajstić information content (AvgIpc) is 2.74. The molecule has 0 aliphatic rings. The van der Waals surface area contributed by atoms with Gasteiger partial charge in [0, 0.05) is 0 Å². The van der Waals surface area contributed by atoms with Gasteiger partial charge < -0.3 is 0 Å². The van der Waals surface area contributed by atoms with Gasteiger partial charge in [-0.1, -0.05) is 0 Å². The fourth-order valence-corrected chi connectivity index (χ4v) is 1.43. The van der Waals surface area contributed by atoms with E-state index in [-0.39, 0.29) is 6.04 Å². The van der Waals surface area contributed by atoms with Gasteiger partial charge in [0.05, 0.1) is 0 Å². The van der Waals surface area contributed by atoms with Crippen LogP contribution in [-0.4, -0.2) is 36.0 Å². The van der Waals surface area contributed by atoms with Gasteiger partial charge in [-0.25, -0.2) is 0 Å². The Kier molecular flexibility index (Phi) is 2.63. The van der Waals surface area contributed by atoms with Crippen LogP contribution in [0.25, 0.3) is 11.2 Å². The first kappa shape index (κ1) is 9.50. The molecule has 0 aliphatic heterocycles. The molecule has 2 rings (SSSR count). The Bertz CT molecular complexity index is 540. The second kappa shape index (κ2) is 4.42. The molecule has 16 heavy (non-hydrogen) atoms. The molecular weight excluding hydrogens is 202 g/mol. The van der Waals surface area contributed by atoms with Crippen LogP contribution in [0.15, 0.2) is 17.5 Å². The van der Waals surface area contributed by atoms with Gasteiger partial charge in [-0.05, 0) is 0 Å². The van der Waals surface area contributed by atoms with E-state index in [9.17, 15) is 0 Å². The Labute approximate surface area is 96.3 Å². The van der Waals surface area contributed by atoms with Crippen LogP contribution in [0.3, 0.4) is 0 Å². The Balaban J connectivity index is 2.41. The summed E-state index contributed by atoms with van der Waals surface area (Å²) in [5.74, 6) is 0.583. The van der Waals surface area contributed by atoms with Crippen LogP contribution >= 0.6 is 0 Å². The average molecular weight is 214 g/mol. The van der Waals surface area contributed by atoms with E-state index in [2.05, 4.69) is 38.8 Å². The number of aromatic nitrogens is 4. The molecule has 8 heteroatoms. The molecule has 79 valence electrons. The predicted molar refractivity (Wildman–Crippen MR) is 64.7 cm³/mol. The molecule has 6 nitrogen and oxygen atoms in total. The Morgan fingerprint density at radius 3 is 3.19 bits per heavy atom. The normalized spacial score (nSPS) is 11.8. The summed E-state index contributed by atoms with van der Waals surface area (Å²) in [6, 6.07) is 0.290. The molecule has 2 aromatic heterocycles. The van der Waals surface area contributed by atoms with Gasteiger partial charge in [0.2, 0.25) is 0 Å². The number of nitrogens with one attached hydrogen (secondary N) is 1. The van der Waals surface area contributed by atoms with E-state index >= 15 is 0 Å². The Morgan fingerprint density at radius 2 is 2.44 bits per heavy atom. The maximum atomic E-state index is 6.78. The van der Waals surface area contributed by atoms with Crippen LogP contribution in [0.5, 0.6) is 0 Å². The van der Waals surface area contributed by atoms with Gasteiger partial charge in [-0.15, -0.1) is 0 Å². The molecule has 0 aliphatic carbocycles. The zero-order valence-electron chi connectivity index (χ0n) is 10.1. The molecule has 0 fully saturated rings. The van der Waals surface area contributed by atoms with Crippen LogP contribution in [0, 0.1) is 0 Å². The fraction of sp³-hybridized carbons (Fsp3) is 0.375. The second-order valence-electron chi connectivity index (χ2n) is 3.56. The Morgan fingerprint density at radius 1 is 1.56 bits per heavy atom. The Hall–Kier alpha value is -1.72. The number of hydrogen-bond acceptors (Lipinski definition) is 4. The van der Waals surface area contributed by atoms with Crippen molar-refractivity contribution in [3.05, 3.63) is 12.7 Å². The number of rotatable bonds is 4. The summed E-state index contributed by atoms with van der Waals surface area (Å²) >= 11 is 0. The summed E-state index contributed by atoms with van der Waals surface area (Å²) in [5, 5.41) is 2.87. The molecule has 0 amide bonds. The molecule has 1 radical (unpaired) electrons. The number of hydrogen-bond donors (Lipinski definition) is 1. The topological polar surface area (TPSA) is 68.0 Å². The van der Waals surface area contributed by atoms with Gasteiger partial charge in [-0.2, -0.15) is 0 Å². The zero-order chi connectivity index (χ0) is 12.3. The molecule has 1 N–H and O–H groups in total. The third kappa shape index (κ3) is 1.82. The molecule has 0 atom stereocenters. The fourth-order valence-electron chi connectivity index (χ4n) is 1.43. The molecule has 0 unspecified atom stereocenters. The van der Waals surface area contributed by atoms with E-state index in [4.69, 9.17) is 1.34 Å². The van der Waals surface area contributed by atoms with E-state index in [1.54, 1.807) is 6.33 Å². The minimum atomic E-state index is 0.290. The third-order valence-corrected chi connectivity index (χ3v) is 2.19. The van der Waals surface area contributed by atoms with Crippen molar-refractivity contribution in [3.63, 3.8) is 0 Å². The number of nitrogens with zero attached hydrogens (tertiary/aromatic N) is 5. The van der Waals surface area contributed by atoms with Crippen LogP contribution in [0.1, 0.15) is 19.9 Å². The summed E-state index contributed by atoms with van der Waals surface area (Å²) < 4.78 is 8.74. The summed E-state index contributed by atoms with van der Waals surface area (Å²) in [6.07, 6.45) is 3.21. The molecule has 0 saturated carbocycles. The van der Waals surface area contributed by atoms with E-state index < -0.39 is 0 Å². The van der Waals surface area contributed by atoms with E-state index in [1.165, 1.54) is 13.5 Å². The van der Waals surface area contributed by atoms with E-state index in [0.29, 0.717) is 11.3 Å². The van der Waals surface area contributed by atoms with Crippen molar-refractivity contribution < 1.29 is 0 Å². The molecule has 0 bridgehead atoms. The maximum absolute atomic E-state index is 6.78. The summed E-state index contributed by atoms with van der Waals surface area (Å²) in [5.41, 5.74) is 1.47. The second-order valence-corrected chi connectivity index (χ2v) is 3.56. The van der Waals surface area contributed by atoms with E-state index in [0.717, 1.165) is 13.6 Å². The number of fused-ring (bicyclic) bond motifs is 1. The summed E-state index contributed by atoms with van der Waals surface area (Å²) in [7, 11) is 2.33. The van der Waals surface area contributed by atoms with Crippen molar-refractivity contribution in [2.75, 3.05) is 5.23 Å². The van der Waals surface area contributed by atoms with Crippen molar-refractivity contribution >= 4 is 32.1 Å². The predicted octanol–water partition coefficient (Wildman–Crippen LogP) is 0.438. The molecular formula is C8H11B2N6. The first-order valence-electron chi connectivity index (χ1n) is 5.47. The van der Waals surface area contributed by atoms with E-state index in [1.807, 2.05) is 4.57 Å². The molecule has 0 spiro atoms. The van der Waals surface area contributed by atoms with Gasteiger partial charge in [0.15, 0.2) is 0 Å². The van der Waals surface area contributed by atoms with Crippen LogP contribution in [0.4, 0.5) is 5.82 Å². The van der Waals surface area contributed by atoms with Crippen molar-refractivity contribution in [1.82, 2.24) is 19.5 Å². The first-order valence-corrected chi connectivity index (χ1v) is 4.90. The van der Waals surface area contributed by atoms with Gasteiger partial charge in [0.1, 0.15) is 0 Å². The standard InChI is InChI=1S/C8H11B2N6/c1-5(2)16-4-13-6-7(14-10-15-9)11-3-12-8(6)16/h3-5,9H,1-2H3,(H,11,12,14)/i9D. The van der Waals surface area contributed by atoms with Crippen molar-refractivity contribution in [3.8, 4) is 0 Å². The minimum absolute atomic E-state index is 0.290. The van der Waals surface area contributed by atoms with Crippen LogP contribution < -0.4 is 5.23 Å². The summed E-state index contributed by atoms with van der Waals surface area (Å²) in [4.78, 5) is 16.2. The molecule has 0 aromatic carbocycles. The van der Waals surface area contributed by atoms with Crippen LogP contribution in [0.2, 0.25) is 0 Å². The molecule has 2 heterocycles. The zero-order valence-corrected chi connectivity index (χ0v) is 9.12. The van der Waals surface area contributed by atoms with Gasteiger partial charge in [0.25, 0.3) is 0 Å². The van der Waals surface area contributed by atoms with Crippen molar-refractivity contribution in [1.29, 1.82) is 1.34 Å². The van der Waals surface area contributed by atoms with Gasteiger partial charge >= 0.3 is 95.6 Å². The monoisotopic (exact) mass is 214 g/mol. The quantitative estimate of drug-likeness (QED) is 0.749. The van der Waals surface area contributed by atoms with Crippen molar-refractivity contribution in [2.24, 2.45) is 4.81 Å². The summed E-state index contributed by atoms with van der Waals surface area (Å²) in [6.45, 7) is 4.12. The van der Waals surface area contributed by atoms with Crippen molar-refractivity contribution in [2.45, 2.75) is 19.9 Å². The third-order valence-electron chi connectivity index (χ3n) is 2.19. The van der Waals surface area contributed by atoms with Crippen LogP contribution in [-0.2, 0) is 0 Å².